The maximum atomic E-state index is 12.9. The van der Waals surface area contributed by atoms with E-state index in [9.17, 15) is 9.59 Å². The van der Waals surface area contributed by atoms with Gasteiger partial charge in [0.1, 0.15) is 24.6 Å². The van der Waals surface area contributed by atoms with Crippen LogP contribution in [0, 0.1) is 5.92 Å². The molecule has 0 radical (unpaired) electrons. The van der Waals surface area contributed by atoms with Gasteiger partial charge in [-0.15, -0.1) is 0 Å². The Bertz CT molecular complexity index is 793. The second kappa shape index (κ2) is 9.51. The van der Waals surface area contributed by atoms with Crippen LogP contribution in [0.25, 0.3) is 0 Å². The van der Waals surface area contributed by atoms with Crippen molar-refractivity contribution in [1.82, 2.24) is 0 Å². The Balaban J connectivity index is 1.57. The summed E-state index contributed by atoms with van der Waals surface area (Å²) in [5.41, 5.74) is -0.543. The first kappa shape index (κ1) is 22.2. The third-order valence-electron chi connectivity index (χ3n) is 4.90. The van der Waals surface area contributed by atoms with Crippen LogP contribution in [0.4, 0.5) is 0 Å². The van der Waals surface area contributed by atoms with Crippen molar-refractivity contribution in [2.24, 2.45) is 5.92 Å². The Morgan fingerprint density at radius 2 is 1.90 bits per heavy atom. The molecule has 0 N–H and O–H groups in total. The van der Waals surface area contributed by atoms with Crippen molar-refractivity contribution in [1.29, 1.82) is 0 Å². The monoisotopic (exact) mass is 418 g/mol. The van der Waals surface area contributed by atoms with Gasteiger partial charge in [-0.05, 0) is 52.7 Å². The zero-order chi connectivity index (χ0) is 21.7. The number of benzene rings is 1. The number of Topliss-reactive ketones (excluding diaryl/α,β-unsaturated/α-hetero) is 1. The smallest absolute Gasteiger partial charge is 0.332 e. The number of ether oxygens (including phenoxy) is 5. The van der Waals surface area contributed by atoms with Crippen molar-refractivity contribution in [2.45, 2.75) is 64.8 Å². The number of fused-ring (bicyclic) bond motifs is 1. The highest BCUT2D eigenvalue weighted by Crippen LogP contribution is 2.36. The highest BCUT2D eigenvalue weighted by Gasteiger charge is 2.41. The van der Waals surface area contributed by atoms with Crippen LogP contribution in [-0.4, -0.2) is 42.8 Å². The zero-order valence-corrected chi connectivity index (χ0v) is 18.0. The summed E-state index contributed by atoms with van der Waals surface area (Å²) in [6, 6.07) is 7.22. The van der Waals surface area contributed by atoms with Crippen LogP contribution < -0.4 is 9.47 Å². The van der Waals surface area contributed by atoms with Crippen molar-refractivity contribution >= 4 is 11.8 Å². The summed E-state index contributed by atoms with van der Waals surface area (Å²) < 4.78 is 28.2. The maximum absolute atomic E-state index is 12.9. The lowest BCUT2D eigenvalue weighted by molar-refractivity contribution is -0.165. The fourth-order valence-electron chi connectivity index (χ4n) is 3.64. The Morgan fingerprint density at radius 1 is 1.17 bits per heavy atom. The molecule has 1 aromatic rings. The summed E-state index contributed by atoms with van der Waals surface area (Å²) in [7, 11) is 0. The lowest BCUT2D eigenvalue weighted by Gasteiger charge is -2.37. The molecule has 1 aliphatic carbocycles. The van der Waals surface area contributed by atoms with Crippen LogP contribution in [0.1, 0.15) is 47.0 Å². The van der Waals surface area contributed by atoms with Gasteiger partial charge in [-0.25, -0.2) is 4.79 Å². The second-order valence-electron chi connectivity index (χ2n) is 8.44. The van der Waals surface area contributed by atoms with E-state index in [0.717, 1.165) is 0 Å². The minimum atomic E-state index is -0.543. The van der Waals surface area contributed by atoms with Crippen molar-refractivity contribution in [3.8, 4) is 11.5 Å². The Hall–Kier alpha value is -2.54. The number of para-hydroxylation sites is 2. The van der Waals surface area contributed by atoms with E-state index in [1.807, 2.05) is 39.8 Å². The molecule has 1 fully saturated rings. The number of esters is 1. The fourth-order valence-corrected chi connectivity index (χ4v) is 3.64. The van der Waals surface area contributed by atoms with Gasteiger partial charge in [-0.1, -0.05) is 12.1 Å². The van der Waals surface area contributed by atoms with Gasteiger partial charge in [0, 0.05) is 6.42 Å². The lowest BCUT2D eigenvalue weighted by atomic mass is 9.80. The Labute approximate surface area is 177 Å². The number of carbonyl (C=O) groups is 2. The minimum Gasteiger partial charge on any atom is -0.493 e. The average Bonchev–Trinajstić information content (AvgIpc) is 2.69. The standard InChI is InChI=1S/C23H30O7/c1-5-26-17-8-6-7-9-18(17)29-20-13-28-19-12-15(10-11-16(19)22(20)25)27-14-21(24)30-23(2,3)4/h6-9,13,15-16,19H,5,10-12,14H2,1-4H3. The highest BCUT2D eigenvalue weighted by atomic mass is 16.6. The molecule has 30 heavy (non-hydrogen) atoms. The predicted octanol–water partition coefficient (Wildman–Crippen LogP) is 3.80. The molecule has 1 heterocycles. The SMILES string of the molecule is CCOc1ccccc1OC1=COC2CC(OCC(=O)OC(C)(C)C)CCC2C1=O. The van der Waals surface area contributed by atoms with Gasteiger partial charge in [-0.3, -0.25) is 4.79 Å². The molecule has 164 valence electrons. The largest absolute Gasteiger partial charge is 0.493 e. The molecule has 3 atom stereocenters. The van der Waals surface area contributed by atoms with Crippen LogP contribution in [0.5, 0.6) is 11.5 Å². The van der Waals surface area contributed by atoms with E-state index in [1.54, 1.807) is 12.1 Å². The van der Waals surface area contributed by atoms with Crippen LogP contribution in [0.15, 0.2) is 36.3 Å². The summed E-state index contributed by atoms with van der Waals surface area (Å²) in [5.74, 6) is 0.476. The summed E-state index contributed by atoms with van der Waals surface area (Å²) in [6.07, 6.45) is 2.75. The number of hydrogen-bond acceptors (Lipinski definition) is 7. The minimum absolute atomic E-state index is 0.0804. The van der Waals surface area contributed by atoms with Gasteiger partial charge in [0.2, 0.25) is 11.5 Å². The van der Waals surface area contributed by atoms with E-state index < -0.39 is 11.6 Å². The van der Waals surface area contributed by atoms with Crippen molar-refractivity contribution in [3.05, 3.63) is 36.3 Å². The molecular formula is C23H30O7. The van der Waals surface area contributed by atoms with Gasteiger partial charge in [0.15, 0.2) is 11.5 Å². The van der Waals surface area contributed by atoms with Crippen molar-refractivity contribution < 1.29 is 33.3 Å². The summed E-state index contributed by atoms with van der Waals surface area (Å²) >= 11 is 0. The van der Waals surface area contributed by atoms with E-state index in [1.165, 1.54) is 6.26 Å². The lowest BCUT2D eigenvalue weighted by Crippen LogP contribution is -2.43. The summed E-state index contributed by atoms with van der Waals surface area (Å²) in [5, 5.41) is 0. The Morgan fingerprint density at radius 3 is 2.60 bits per heavy atom. The van der Waals surface area contributed by atoms with Crippen LogP contribution >= 0.6 is 0 Å². The first-order chi connectivity index (χ1) is 14.3. The molecular weight excluding hydrogens is 388 g/mol. The third kappa shape index (κ3) is 5.75. The van der Waals surface area contributed by atoms with Gasteiger partial charge in [-0.2, -0.15) is 0 Å². The number of ketones is 1. The second-order valence-corrected chi connectivity index (χ2v) is 8.44. The summed E-state index contributed by atoms with van der Waals surface area (Å²) in [6.45, 7) is 7.73. The molecule has 3 unspecified atom stereocenters. The fraction of sp³-hybridized carbons (Fsp3) is 0.565. The molecule has 7 heteroatoms. The molecule has 2 aliphatic rings. The Kier molecular flexibility index (Phi) is 7.02. The topological polar surface area (TPSA) is 80.3 Å². The van der Waals surface area contributed by atoms with Gasteiger partial charge in [0.25, 0.3) is 0 Å². The molecule has 0 aromatic heterocycles. The van der Waals surface area contributed by atoms with Crippen LogP contribution in [0.3, 0.4) is 0 Å². The van der Waals surface area contributed by atoms with Crippen LogP contribution in [0.2, 0.25) is 0 Å². The average molecular weight is 418 g/mol. The molecule has 0 saturated heterocycles. The third-order valence-corrected chi connectivity index (χ3v) is 4.90. The molecule has 0 bridgehead atoms. The molecule has 1 aromatic carbocycles. The zero-order valence-electron chi connectivity index (χ0n) is 18.0. The van der Waals surface area contributed by atoms with E-state index in [2.05, 4.69) is 0 Å². The normalized spacial score (nSPS) is 23.7. The number of rotatable bonds is 7. The van der Waals surface area contributed by atoms with Crippen molar-refractivity contribution in [2.75, 3.05) is 13.2 Å². The van der Waals surface area contributed by atoms with E-state index in [4.69, 9.17) is 23.7 Å². The van der Waals surface area contributed by atoms with Gasteiger partial charge < -0.3 is 23.7 Å². The van der Waals surface area contributed by atoms with Gasteiger partial charge >= 0.3 is 5.97 Å². The number of carbonyl (C=O) groups excluding carboxylic acids is 2. The number of allylic oxidation sites excluding steroid dienone is 1. The molecule has 0 spiro atoms. The predicted molar refractivity (Wildman–Crippen MR) is 109 cm³/mol. The molecule has 1 aliphatic heterocycles. The maximum Gasteiger partial charge on any atom is 0.332 e. The molecule has 0 amide bonds. The first-order valence-electron chi connectivity index (χ1n) is 10.4. The quantitative estimate of drug-likeness (QED) is 0.623. The van der Waals surface area contributed by atoms with E-state index >= 15 is 0 Å². The molecule has 3 rings (SSSR count). The van der Waals surface area contributed by atoms with Crippen LogP contribution in [-0.2, 0) is 23.8 Å². The molecule has 7 nitrogen and oxygen atoms in total. The molecule has 1 saturated carbocycles. The number of hydrogen-bond donors (Lipinski definition) is 0. The van der Waals surface area contributed by atoms with Crippen molar-refractivity contribution in [3.63, 3.8) is 0 Å². The summed E-state index contributed by atoms with van der Waals surface area (Å²) in [4.78, 5) is 24.8. The van der Waals surface area contributed by atoms with E-state index in [-0.39, 0.29) is 36.3 Å². The van der Waals surface area contributed by atoms with Gasteiger partial charge in [0.05, 0.1) is 18.6 Å². The van der Waals surface area contributed by atoms with E-state index in [0.29, 0.717) is 37.4 Å². The first-order valence-corrected chi connectivity index (χ1v) is 10.4. The highest BCUT2D eigenvalue weighted by molar-refractivity contribution is 5.96.